The number of nitrogens with one attached hydrogen (secondary N) is 1. The van der Waals surface area contributed by atoms with Crippen LogP contribution in [0.5, 0.6) is 0 Å². The number of pyridine rings is 1. The molecule has 5 heteroatoms. The molecule has 0 aliphatic rings. The van der Waals surface area contributed by atoms with Gasteiger partial charge in [0.05, 0.1) is 17.9 Å². The second-order valence-corrected chi connectivity index (χ2v) is 3.74. The SMILES string of the molecule is CNC(c1cnccc1C)c1cnnn1C. The van der Waals surface area contributed by atoms with E-state index in [2.05, 4.69) is 27.5 Å². The fourth-order valence-corrected chi connectivity index (χ4v) is 1.80. The van der Waals surface area contributed by atoms with Crippen molar-refractivity contribution in [1.29, 1.82) is 0 Å². The Morgan fingerprint density at radius 3 is 2.75 bits per heavy atom. The summed E-state index contributed by atoms with van der Waals surface area (Å²) in [6, 6.07) is 2.08. The third-order valence-corrected chi connectivity index (χ3v) is 2.72. The van der Waals surface area contributed by atoms with Gasteiger partial charge in [0, 0.05) is 19.4 Å². The van der Waals surface area contributed by atoms with Crippen LogP contribution in [-0.4, -0.2) is 27.0 Å². The third-order valence-electron chi connectivity index (χ3n) is 2.72. The van der Waals surface area contributed by atoms with Crippen LogP contribution in [0.4, 0.5) is 0 Å². The predicted octanol–water partition coefficient (Wildman–Crippen LogP) is 0.827. The third kappa shape index (κ3) is 1.81. The van der Waals surface area contributed by atoms with Crippen molar-refractivity contribution in [2.45, 2.75) is 13.0 Å². The Hall–Kier alpha value is -1.75. The van der Waals surface area contributed by atoms with E-state index in [1.165, 1.54) is 5.56 Å². The molecular weight excluding hydrogens is 202 g/mol. The Kier molecular flexibility index (Phi) is 2.96. The van der Waals surface area contributed by atoms with Gasteiger partial charge in [-0.3, -0.25) is 9.67 Å². The lowest BCUT2D eigenvalue weighted by molar-refractivity contribution is 0.594. The van der Waals surface area contributed by atoms with Crippen LogP contribution in [0.2, 0.25) is 0 Å². The first kappa shape index (κ1) is 10.8. The zero-order valence-electron chi connectivity index (χ0n) is 9.68. The molecule has 2 rings (SSSR count). The molecule has 0 bridgehead atoms. The number of aryl methyl sites for hydroxylation is 2. The summed E-state index contributed by atoms with van der Waals surface area (Å²) in [6.45, 7) is 2.07. The van der Waals surface area contributed by atoms with Gasteiger partial charge in [-0.2, -0.15) is 0 Å². The van der Waals surface area contributed by atoms with Gasteiger partial charge < -0.3 is 5.32 Å². The second kappa shape index (κ2) is 4.40. The summed E-state index contributed by atoms with van der Waals surface area (Å²) < 4.78 is 1.77. The van der Waals surface area contributed by atoms with Crippen molar-refractivity contribution in [2.75, 3.05) is 7.05 Å². The van der Waals surface area contributed by atoms with Crippen LogP contribution < -0.4 is 5.32 Å². The summed E-state index contributed by atoms with van der Waals surface area (Å²) in [7, 11) is 3.81. The van der Waals surface area contributed by atoms with E-state index in [4.69, 9.17) is 0 Å². The minimum atomic E-state index is 0.0775. The van der Waals surface area contributed by atoms with Crippen molar-refractivity contribution in [3.05, 3.63) is 41.5 Å². The van der Waals surface area contributed by atoms with Crippen LogP contribution in [-0.2, 0) is 7.05 Å². The maximum Gasteiger partial charge on any atom is 0.0799 e. The van der Waals surface area contributed by atoms with E-state index in [-0.39, 0.29) is 6.04 Å². The molecule has 0 radical (unpaired) electrons. The maximum absolute atomic E-state index is 4.16. The molecule has 0 saturated carbocycles. The van der Waals surface area contributed by atoms with E-state index in [0.717, 1.165) is 11.3 Å². The Bertz CT molecular complexity index is 477. The molecule has 0 aliphatic heterocycles. The summed E-state index contributed by atoms with van der Waals surface area (Å²) in [6.07, 6.45) is 5.45. The minimum Gasteiger partial charge on any atom is -0.308 e. The molecular formula is C11H15N5. The van der Waals surface area contributed by atoms with Crippen LogP contribution in [0.1, 0.15) is 22.9 Å². The van der Waals surface area contributed by atoms with Crippen LogP contribution in [0.25, 0.3) is 0 Å². The number of aromatic nitrogens is 4. The molecule has 1 atom stereocenters. The molecule has 16 heavy (non-hydrogen) atoms. The first-order chi connectivity index (χ1) is 7.74. The highest BCUT2D eigenvalue weighted by molar-refractivity contribution is 5.30. The topological polar surface area (TPSA) is 55.6 Å². The number of rotatable bonds is 3. The van der Waals surface area contributed by atoms with Gasteiger partial charge in [-0.05, 0) is 31.2 Å². The molecule has 0 aromatic carbocycles. The lowest BCUT2D eigenvalue weighted by atomic mass is 10.0. The molecule has 2 aromatic heterocycles. The van der Waals surface area contributed by atoms with Gasteiger partial charge in [-0.15, -0.1) is 5.10 Å². The lowest BCUT2D eigenvalue weighted by Crippen LogP contribution is -2.21. The Labute approximate surface area is 94.5 Å². The summed E-state index contributed by atoms with van der Waals surface area (Å²) in [5.41, 5.74) is 3.38. The van der Waals surface area contributed by atoms with Gasteiger partial charge in [0.15, 0.2) is 0 Å². The summed E-state index contributed by atoms with van der Waals surface area (Å²) >= 11 is 0. The van der Waals surface area contributed by atoms with Crippen molar-refractivity contribution in [1.82, 2.24) is 25.3 Å². The van der Waals surface area contributed by atoms with Crippen molar-refractivity contribution in [3.8, 4) is 0 Å². The van der Waals surface area contributed by atoms with Gasteiger partial charge in [0.25, 0.3) is 0 Å². The first-order valence-corrected chi connectivity index (χ1v) is 5.16. The molecule has 2 aromatic rings. The highest BCUT2D eigenvalue weighted by atomic mass is 15.4. The minimum absolute atomic E-state index is 0.0775. The largest absolute Gasteiger partial charge is 0.308 e. The molecule has 0 aliphatic carbocycles. The van der Waals surface area contributed by atoms with Crippen LogP contribution >= 0.6 is 0 Å². The summed E-state index contributed by atoms with van der Waals surface area (Å²) in [5.74, 6) is 0. The summed E-state index contributed by atoms with van der Waals surface area (Å²) in [5, 5.41) is 11.1. The molecule has 1 unspecified atom stereocenters. The van der Waals surface area contributed by atoms with Gasteiger partial charge in [0.1, 0.15) is 0 Å². The van der Waals surface area contributed by atoms with E-state index < -0.39 is 0 Å². The predicted molar refractivity (Wildman–Crippen MR) is 60.9 cm³/mol. The maximum atomic E-state index is 4.16. The zero-order chi connectivity index (χ0) is 11.5. The molecule has 5 nitrogen and oxygen atoms in total. The van der Waals surface area contributed by atoms with E-state index in [1.54, 1.807) is 17.1 Å². The fraction of sp³-hybridized carbons (Fsp3) is 0.364. The van der Waals surface area contributed by atoms with Crippen LogP contribution in [0, 0.1) is 6.92 Å². The highest BCUT2D eigenvalue weighted by Crippen LogP contribution is 2.22. The first-order valence-electron chi connectivity index (χ1n) is 5.16. The van der Waals surface area contributed by atoms with E-state index in [1.807, 2.05) is 26.4 Å². The van der Waals surface area contributed by atoms with Gasteiger partial charge in [-0.1, -0.05) is 5.21 Å². The lowest BCUT2D eigenvalue weighted by Gasteiger charge is -2.17. The van der Waals surface area contributed by atoms with Crippen LogP contribution in [0.3, 0.4) is 0 Å². The number of nitrogens with zero attached hydrogens (tertiary/aromatic N) is 4. The molecule has 0 saturated heterocycles. The molecule has 1 N–H and O–H groups in total. The van der Waals surface area contributed by atoms with Crippen molar-refractivity contribution in [3.63, 3.8) is 0 Å². The average Bonchev–Trinajstić information content (AvgIpc) is 2.69. The second-order valence-electron chi connectivity index (χ2n) is 3.74. The van der Waals surface area contributed by atoms with Crippen LogP contribution in [0.15, 0.2) is 24.7 Å². The number of hydrogen-bond acceptors (Lipinski definition) is 4. The molecule has 0 spiro atoms. The monoisotopic (exact) mass is 217 g/mol. The van der Waals surface area contributed by atoms with Crippen molar-refractivity contribution >= 4 is 0 Å². The van der Waals surface area contributed by atoms with Crippen molar-refractivity contribution in [2.24, 2.45) is 7.05 Å². The Balaban J connectivity index is 2.45. The van der Waals surface area contributed by atoms with E-state index >= 15 is 0 Å². The zero-order valence-corrected chi connectivity index (χ0v) is 9.68. The standard InChI is InChI=1S/C11H15N5/c1-8-4-5-13-6-9(8)11(12-2)10-7-14-15-16(10)3/h4-7,11-12H,1-3H3. The van der Waals surface area contributed by atoms with E-state index in [9.17, 15) is 0 Å². The quantitative estimate of drug-likeness (QED) is 0.827. The highest BCUT2D eigenvalue weighted by Gasteiger charge is 2.17. The fourth-order valence-electron chi connectivity index (χ4n) is 1.80. The smallest absolute Gasteiger partial charge is 0.0799 e. The van der Waals surface area contributed by atoms with E-state index in [0.29, 0.717) is 0 Å². The normalized spacial score (nSPS) is 12.7. The molecule has 0 fully saturated rings. The molecule has 84 valence electrons. The Morgan fingerprint density at radius 2 is 2.19 bits per heavy atom. The van der Waals surface area contributed by atoms with Gasteiger partial charge in [-0.25, -0.2) is 0 Å². The van der Waals surface area contributed by atoms with Gasteiger partial charge >= 0.3 is 0 Å². The summed E-state index contributed by atoms with van der Waals surface area (Å²) in [4.78, 5) is 4.16. The molecule has 2 heterocycles. The average molecular weight is 217 g/mol. The molecule has 0 amide bonds. The van der Waals surface area contributed by atoms with Gasteiger partial charge in [0.2, 0.25) is 0 Å². The van der Waals surface area contributed by atoms with Crippen molar-refractivity contribution < 1.29 is 0 Å². The Morgan fingerprint density at radius 1 is 1.38 bits per heavy atom. The number of hydrogen-bond donors (Lipinski definition) is 1.